The fraction of sp³-hybridized carbons (Fsp3) is 0.548. The number of anilines is 2. The Balaban J connectivity index is 2.47. The van der Waals surface area contributed by atoms with Crippen LogP contribution < -0.4 is 11.1 Å². The van der Waals surface area contributed by atoms with Crippen molar-refractivity contribution in [2.75, 3.05) is 11.1 Å². The van der Waals surface area contributed by atoms with Crippen LogP contribution in [0.5, 0.6) is 5.75 Å². The van der Waals surface area contributed by atoms with Gasteiger partial charge in [0.1, 0.15) is 5.75 Å². The van der Waals surface area contributed by atoms with Crippen molar-refractivity contribution in [2.45, 2.75) is 106 Å². The molecule has 0 aliphatic heterocycles. The minimum atomic E-state index is 0.109. The number of rotatable bonds is 10. The molecule has 4 N–H and O–H groups in total. The summed E-state index contributed by atoms with van der Waals surface area (Å²) >= 11 is 0. The van der Waals surface area contributed by atoms with Crippen molar-refractivity contribution < 1.29 is 5.11 Å². The van der Waals surface area contributed by atoms with Crippen molar-refractivity contribution in [3.8, 4) is 5.75 Å². The lowest BCUT2D eigenvalue weighted by Gasteiger charge is -2.32. The van der Waals surface area contributed by atoms with E-state index < -0.39 is 0 Å². The fourth-order valence-electron chi connectivity index (χ4n) is 4.53. The Hall–Kier alpha value is -2.42. The summed E-state index contributed by atoms with van der Waals surface area (Å²) in [4.78, 5) is 0. The first-order chi connectivity index (χ1) is 15.8. The standard InChI is InChI=1S/C31H48N2O/c1-11-22(27(12-2)33-28-19-26(32)20(5)21(6)29(28)34)17-23-15-16-24(30(7,8)13-3)18-25(23)31(9,10)14-4/h12,15-16,18-19,22,33-34H,11,13-14,17,32H2,1-10H3/b27-12-. The van der Waals surface area contributed by atoms with Gasteiger partial charge in [0.2, 0.25) is 0 Å². The molecule has 0 amide bonds. The summed E-state index contributed by atoms with van der Waals surface area (Å²) in [5.74, 6) is 0.587. The molecule has 0 aliphatic rings. The molecular weight excluding hydrogens is 416 g/mol. The molecular formula is C31H48N2O. The minimum absolute atomic E-state index is 0.109. The number of nitrogen functional groups attached to an aromatic ring is 1. The molecule has 2 rings (SSSR count). The van der Waals surface area contributed by atoms with Gasteiger partial charge in [0.25, 0.3) is 0 Å². The third-order valence-corrected chi connectivity index (χ3v) is 8.28. The molecule has 3 heteroatoms. The molecule has 0 heterocycles. The van der Waals surface area contributed by atoms with Crippen LogP contribution in [-0.2, 0) is 17.3 Å². The zero-order valence-corrected chi connectivity index (χ0v) is 23.3. The third kappa shape index (κ3) is 5.79. The fourth-order valence-corrected chi connectivity index (χ4v) is 4.53. The van der Waals surface area contributed by atoms with E-state index in [0.29, 0.717) is 17.3 Å². The predicted molar refractivity (Wildman–Crippen MR) is 150 cm³/mol. The number of hydrogen-bond acceptors (Lipinski definition) is 3. The summed E-state index contributed by atoms with van der Waals surface area (Å²) in [6.07, 6.45) is 6.30. The third-order valence-electron chi connectivity index (χ3n) is 8.28. The van der Waals surface area contributed by atoms with Crippen molar-refractivity contribution in [3.63, 3.8) is 0 Å². The van der Waals surface area contributed by atoms with Gasteiger partial charge in [0, 0.05) is 17.3 Å². The SMILES string of the molecule is C/C=C(\Nc1cc(N)c(C)c(C)c1O)C(CC)Cc1ccc(C(C)(C)CC)cc1C(C)(C)CC. The number of aromatic hydroxyl groups is 1. The molecule has 0 saturated carbocycles. The molecule has 0 fully saturated rings. The molecule has 34 heavy (non-hydrogen) atoms. The van der Waals surface area contributed by atoms with E-state index in [1.54, 1.807) is 0 Å². The zero-order chi connectivity index (χ0) is 25.8. The van der Waals surface area contributed by atoms with Crippen molar-refractivity contribution in [3.05, 3.63) is 63.9 Å². The summed E-state index contributed by atoms with van der Waals surface area (Å²) in [5, 5.41) is 14.3. The van der Waals surface area contributed by atoms with E-state index in [2.05, 4.69) is 85.0 Å². The van der Waals surface area contributed by atoms with Gasteiger partial charge in [0.15, 0.2) is 0 Å². The molecule has 0 saturated heterocycles. The van der Waals surface area contributed by atoms with E-state index in [4.69, 9.17) is 5.73 Å². The summed E-state index contributed by atoms with van der Waals surface area (Å²) in [6.45, 7) is 22.1. The number of phenols is 1. The maximum absolute atomic E-state index is 10.8. The normalized spacial score (nSPS) is 13.8. The molecule has 188 valence electrons. The highest BCUT2D eigenvalue weighted by molar-refractivity contribution is 5.71. The second-order valence-electron chi connectivity index (χ2n) is 11.1. The van der Waals surface area contributed by atoms with E-state index in [0.717, 1.165) is 42.5 Å². The molecule has 0 bridgehead atoms. The van der Waals surface area contributed by atoms with E-state index in [-0.39, 0.29) is 16.6 Å². The lowest BCUT2D eigenvalue weighted by Crippen LogP contribution is -2.23. The van der Waals surface area contributed by atoms with Gasteiger partial charge < -0.3 is 16.2 Å². The summed E-state index contributed by atoms with van der Waals surface area (Å²) in [5.41, 5.74) is 15.0. The van der Waals surface area contributed by atoms with Crippen LogP contribution in [0.3, 0.4) is 0 Å². The van der Waals surface area contributed by atoms with Crippen molar-refractivity contribution in [2.24, 2.45) is 5.92 Å². The Morgan fingerprint density at radius 3 is 2.15 bits per heavy atom. The molecule has 0 spiro atoms. The first-order valence-corrected chi connectivity index (χ1v) is 13.0. The number of phenolic OH excluding ortho intramolecular Hbond substituents is 1. The molecule has 2 aromatic carbocycles. The first-order valence-electron chi connectivity index (χ1n) is 13.0. The first kappa shape index (κ1) is 27.8. The largest absolute Gasteiger partial charge is 0.505 e. The molecule has 2 aromatic rings. The van der Waals surface area contributed by atoms with Crippen molar-refractivity contribution >= 4 is 11.4 Å². The summed E-state index contributed by atoms with van der Waals surface area (Å²) in [7, 11) is 0. The highest BCUT2D eigenvalue weighted by Gasteiger charge is 2.27. The molecule has 0 aromatic heterocycles. The van der Waals surface area contributed by atoms with Gasteiger partial charge in [0.05, 0.1) is 5.69 Å². The number of nitrogens with one attached hydrogen (secondary N) is 1. The van der Waals surface area contributed by atoms with Gasteiger partial charge >= 0.3 is 0 Å². The zero-order valence-electron chi connectivity index (χ0n) is 23.3. The van der Waals surface area contributed by atoms with Gasteiger partial charge in [-0.05, 0) is 91.2 Å². The van der Waals surface area contributed by atoms with Crippen molar-refractivity contribution in [1.29, 1.82) is 0 Å². The topological polar surface area (TPSA) is 58.3 Å². The molecule has 1 atom stereocenters. The second-order valence-corrected chi connectivity index (χ2v) is 11.1. The van der Waals surface area contributed by atoms with E-state index >= 15 is 0 Å². The van der Waals surface area contributed by atoms with E-state index in [1.165, 1.54) is 16.7 Å². The predicted octanol–water partition coefficient (Wildman–Crippen LogP) is 8.55. The Labute approximate surface area is 208 Å². The maximum atomic E-state index is 10.8. The van der Waals surface area contributed by atoms with Crippen LogP contribution in [-0.4, -0.2) is 5.11 Å². The smallest absolute Gasteiger partial charge is 0.142 e. The lowest BCUT2D eigenvalue weighted by molar-refractivity contribution is 0.472. The van der Waals surface area contributed by atoms with Crippen LogP contribution in [0.1, 0.15) is 102 Å². The Bertz CT molecular complexity index is 1030. The Morgan fingerprint density at radius 1 is 1.00 bits per heavy atom. The highest BCUT2D eigenvalue weighted by atomic mass is 16.3. The molecule has 0 radical (unpaired) electrons. The average molecular weight is 465 g/mol. The number of allylic oxidation sites excluding steroid dienone is 2. The van der Waals surface area contributed by atoms with Crippen LogP contribution in [0.2, 0.25) is 0 Å². The minimum Gasteiger partial charge on any atom is -0.505 e. The van der Waals surface area contributed by atoms with Crippen LogP contribution in [0.25, 0.3) is 0 Å². The van der Waals surface area contributed by atoms with Gasteiger partial charge in [-0.15, -0.1) is 0 Å². The van der Waals surface area contributed by atoms with E-state index in [1.807, 2.05) is 19.9 Å². The van der Waals surface area contributed by atoms with Crippen LogP contribution >= 0.6 is 0 Å². The Kier molecular flexibility index (Phi) is 8.91. The Morgan fingerprint density at radius 2 is 1.62 bits per heavy atom. The van der Waals surface area contributed by atoms with E-state index in [9.17, 15) is 5.11 Å². The number of nitrogens with two attached hydrogens (primary N) is 1. The number of hydrogen-bond donors (Lipinski definition) is 3. The average Bonchev–Trinajstić information content (AvgIpc) is 2.82. The van der Waals surface area contributed by atoms with Crippen molar-refractivity contribution in [1.82, 2.24) is 0 Å². The lowest BCUT2D eigenvalue weighted by atomic mass is 9.73. The van der Waals surface area contributed by atoms with Gasteiger partial charge in [-0.3, -0.25) is 0 Å². The molecule has 0 aliphatic carbocycles. The van der Waals surface area contributed by atoms with Crippen LogP contribution in [0.15, 0.2) is 36.0 Å². The molecule has 3 nitrogen and oxygen atoms in total. The van der Waals surface area contributed by atoms with Gasteiger partial charge in [-0.2, -0.15) is 0 Å². The van der Waals surface area contributed by atoms with Gasteiger partial charge in [-0.25, -0.2) is 0 Å². The summed E-state index contributed by atoms with van der Waals surface area (Å²) < 4.78 is 0. The highest BCUT2D eigenvalue weighted by Crippen LogP contribution is 2.38. The van der Waals surface area contributed by atoms with Crippen LogP contribution in [0, 0.1) is 19.8 Å². The van der Waals surface area contributed by atoms with Crippen LogP contribution in [0.4, 0.5) is 11.4 Å². The second kappa shape index (κ2) is 10.9. The summed E-state index contributed by atoms with van der Waals surface area (Å²) in [6, 6.07) is 9.01. The molecule has 1 unspecified atom stereocenters. The van der Waals surface area contributed by atoms with Gasteiger partial charge in [-0.1, -0.05) is 72.7 Å². The monoisotopic (exact) mass is 464 g/mol. The number of benzene rings is 2. The maximum Gasteiger partial charge on any atom is 0.142 e. The quantitative estimate of drug-likeness (QED) is 0.187.